The third-order valence-electron chi connectivity index (χ3n) is 2.06. The van der Waals surface area contributed by atoms with Crippen molar-refractivity contribution in [3.8, 4) is 0 Å². The van der Waals surface area contributed by atoms with Crippen LogP contribution < -0.4 is 5.32 Å². The van der Waals surface area contributed by atoms with Crippen LogP contribution in [0.3, 0.4) is 0 Å². The van der Waals surface area contributed by atoms with Crippen molar-refractivity contribution in [1.82, 2.24) is 9.88 Å². The van der Waals surface area contributed by atoms with Gasteiger partial charge in [-0.15, -0.1) is 11.3 Å². The molecule has 1 aromatic rings. The Kier molecular flexibility index (Phi) is 5.29. The Labute approximate surface area is 116 Å². The number of aromatic nitrogens is 1. The van der Waals surface area contributed by atoms with Gasteiger partial charge in [0, 0.05) is 31.6 Å². The molecule has 0 bridgehead atoms. The van der Waals surface area contributed by atoms with E-state index in [1.165, 1.54) is 16.2 Å². The molecular weight excluding hydrogens is 266 g/mol. The first kappa shape index (κ1) is 15.4. The molecule has 0 aliphatic rings. The Morgan fingerprint density at radius 3 is 2.68 bits per heavy atom. The fraction of sp³-hybridized carbons (Fsp3) is 0.583. The van der Waals surface area contributed by atoms with Crippen molar-refractivity contribution in [3.63, 3.8) is 0 Å². The summed E-state index contributed by atoms with van der Waals surface area (Å²) in [4.78, 5) is 28.6. The van der Waals surface area contributed by atoms with Crippen LogP contribution in [-0.2, 0) is 9.53 Å². The molecule has 1 N–H and O–H groups in total. The van der Waals surface area contributed by atoms with Crippen molar-refractivity contribution >= 4 is 28.5 Å². The highest BCUT2D eigenvalue weighted by atomic mass is 32.1. The largest absolute Gasteiger partial charge is 0.444 e. The van der Waals surface area contributed by atoms with Crippen LogP contribution in [0, 0.1) is 0 Å². The minimum atomic E-state index is -0.533. The zero-order chi connectivity index (χ0) is 14.5. The van der Waals surface area contributed by atoms with Gasteiger partial charge in [0.15, 0.2) is 5.13 Å². The van der Waals surface area contributed by atoms with Gasteiger partial charge in [-0.05, 0) is 20.8 Å². The summed E-state index contributed by atoms with van der Waals surface area (Å²) in [5.41, 5.74) is -0.533. The van der Waals surface area contributed by atoms with Crippen molar-refractivity contribution in [2.45, 2.75) is 32.8 Å². The maximum absolute atomic E-state index is 11.6. The van der Waals surface area contributed by atoms with Crippen LogP contribution in [0.15, 0.2) is 11.6 Å². The summed E-state index contributed by atoms with van der Waals surface area (Å²) in [5, 5.41) is 4.99. The summed E-state index contributed by atoms with van der Waals surface area (Å²) in [6, 6.07) is 0. The van der Waals surface area contributed by atoms with Crippen molar-refractivity contribution in [1.29, 1.82) is 0 Å². The number of nitrogens with one attached hydrogen (secondary N) is 1. The van der Waals surface area contributed by atoms with Gasteiger partial charge in [0.05, 0.1) is 0 Å². The van der Waals surface area contributed by atoms with Crippen LogP contribution in [0.5, 0.6) is 0 Å². The molecule has 2 amide bonds. The van der Waals surface area contributed by atoms with E-state index in [2.05, 4.69) is 10.3 Å². The molecule has 0 radical (unpaired) electrons. The number of anilines is 1. The highest BCUT2D eigenvalue weighted by molar-refractivity contribution is 7.13. The van der Waals surface area contributed by atoms with E-state index >= 15 is 0 Å². The van der Waals surface area contributed by atoms with Gasteiger partial charge in [0.25, 0.3) is 0 Å². The van der Waals surface area contributed by atoms with Crippen molar-refractivity contribution in [2.24, 2.45) is 0 Å². The molecule has 19 heavy (non-hydrogen) atoms. The maximum Gasteiger partial charge on any atom is 0.410 e. The van der Waals surface area contributed by atoms with Crippen molar-refractivity contribution < 1.29 is 14.3 Å². The predicted molar refractivity (Wildman–Crippen MR) is 74.2 cm³/mol. The number of thiazole rings is 1. The van der Waals surface area contributed by atoms with E-state index in [9.17, 15) is 9.59 Å². The van der Waals surface area contributed by atoms with Gasteiger partial charge in [0.2, 0.25) is 5.91 Å². The monoisotopic (exact) mass is 285 g/mol. The highest BCUT2D eigenvalue weighted by Crippen LogP contribution is 2.11. The summed E-state index contributed by atoms with van der Waals surface area (Å²) in [6.07, 6.45) is 1.39. The van der Waals surface area contributed by atoms with Gasteiger partial charge in [-0.3, -0.25) is 4.79 Å². The van der Waals surface area contributed by atoms with Crippen LogP contribution in [-0.4, -0.2) is 41.1 Å². The first-order chi connectivity index (χ1) is 8.78. The summed E-state index contributed by atoms with van der Waals surface area (Å²) in [6.45, 7) is 5.70. The first-order valence-electron chi connectivity index (χ1n) is 5.91. The fourth-order valence-corrected chi connectivity index (χ4v) is 1.71. The number of nitrogens with zero attached hydrogens (tertiary/aromatic N) is 2. The van der Waals surface area contributed by atoms with E-state index in [1.807, 2.05) is 0 Å². The Morgan fingerprint density at radius 1 is 1.47 bits per heavy atom. The van der Waals surface area contributed by atoms with Gasteiger partial charge < -0.3 is 15.0 Å². The third kappa shape index (κ3) is 6.19. The summed E-state index contributed by atoms with van der Waals surface area (Å²) < 4.78 is 5.18. The van der Waals surface area contributed by atoms with E-state index < -0.39 is 11.7 Å². The van der Waals surface area contributed by atoms with E-state index in [0.29, 0.717) is 11.7 Å². The topological polar surface area (TPSA) is 71.5 Å². The SMILES string of the molecule is CN(CCC(=O)Nc1nccs1)C(=O)OC(C)(C)C. The molecule has 0 aliphatic heterocycles. The van der Waals surface area contributed by atoms with Gasteiger partial charge in [0.1, 0.15) is 5.60 Å². The Bertz CT molecular complexity index is 426. The summed E-state index contributed by atoms with van der Waals surface area (Å²) in [5.74, 6) is -0.176. The number of rotatable bonds is 4. The molecule has 7 heteroatoms. The van der Waals surface area contributed by atoms with Crippen LogP contribution in [0.2, 0.25) is 0 Å². The Hall–Kier alpha value is -1.63. The average molecular weight is 285 g/mol. The Morgan fingerprint density at radius 2 is 2.16 bits per heavy atom. The number of hydrogen-bond donors (Lipinski definition) is 1. The number of carbonyl (C=O) groups excluding carboxylic acids is 2. The smallest absolute Gasteiger partial charge is 0.410 e. The molecule has 0 unspecified atom stereocenters. The van der Waals surface area contributed by atoms with Gasteiger partial charge in [-0.25, -0.2) is 9.78 Å². The molecule has 0 saturated heterocycles. The molecule has 0 spiro atoms. The standard InChI is InChI=1S/C12H19N3O3S/c1-12(2,3)18-11(17)15(4)7-5-9(16)14-10-13-6-8-19-10/h6,8H,5,7H2,1-4H3,(H,13,14,16). The van der Waals surface area contributed by atoms with Gasteiger partial charge in [-0.2, -0.15) is 0 Å². The van der Waals surface area contributed by atoms with Gasteiger partial charge in [-0.1, -0.05) is 0 Å². The quantitative estimate of drug-likeness (QED) is 0.921. The molecule has 0 fully saturated rings. The number of hydrogen-bond acceptors (Lipinski definition) is 5. The molecule has 6 nitrogen and oxygen atoms in total. The van der Waals surface area contributed by atoms with E-state index in [1.54, 1.807) is 39.4 Å². The van der Waals surface area contributed by atoms with Crippen molar-refractivity contribution in [3.05, 3.63) is 11.6 Å². The second-order valence-corrected chi connectivity index (χ2v) is 5.93. The maximum atomic E-state index is 11.6. The molecule has 1 rings (SSSR count). The minimum absolute atomic E-state index is 0.176. The van der Waals surface area contributed by atoms with Crippen molar-refractivity contribution in [2.75, 3.05) is 18.9 Å². The lowest BCUT2D eigenvalue weighted by Gasteiger charge is -2.24. The summed E-state index contributed by atoms with van der Waals surface area (Å²) >= 11 is 1.35. The number of ether oxygens (including phenoxy) is 1. The molecule has 1 aromatic heterocycles. The third-order valence-corrected chi connectivity index (χ3v) is 2.75. The minimum Gasteiger partial charge on any atom is -0.444 e. The highest BCUT2D eigenvalue weighted by Gasteiger charge is 2.19. The van der Waals surface area contributed by atoms with Crippen LogP contribution in [0.1, 0.15) is 27.2 Å². The predicted octanol–water partition coefficient (Wildman–Crippen LogP) is 2.34. The van der Waals surface area contributed by atoms with Crippen LogP contribution >= 0.6 is 11.3 Å². The van der Waals surface area contributed by atoms with E-state index in [4.69, 9.17) is 4.74 Å². The molecule has 0 aromatic carbocycles. The zero-order valence-corrected chi connectivity index (χ0v) is 12.4. The van der Waals surface area contributed by atoms with E-state index in [-0.39, 0.29) is 12.3 Å². The molecular formula is C12H19N3O3S. The molecule has 0 atom stereocenters. The number of carbonyl (C=O) groups is 2. The fourth-order valence-electron chi connectivity index (χ4n) is 1.17. The second kappa shape index (κ2) is 6.51. The average Bonchev–Trinajstić information content (AvgIpc) is 2.76. The van der Waals surface area contributed by atoms with Gasteiger partial charge >= 0.3 is 6.09 Å². The van der Waals surface area contributed by atoms with Crippen LogP contribution in [0.25, 0.3) is 0 Å². The normalized spacial score (nSPS) is 10.9. The lowest BCUT2D eigenvalue weighted by molar-refractivity contribution is -0.116. The number of amides is 2. The first-order valence-corrected chi connectivity index (χ1v) is 6.79. The molecule has 106 valence electrons. The zero-order valence-electron chi connectivity index (χ0n) is 11.6. The molecule has 1 heterocycles. The summed E-state index contributed by atoms with van der Waals surface area (Å²) in [7, 11) is 1.60. The molecule has 0 saturated carbocycles. The lowest BCUT2D eigenvalue weighted by Crippen LogP contribution is -2.35. The van der Waals surface area contributed by atoms with Crippen LogP contribution in [0.4, 0.5) is 9.93 Å². The lowest BCUT2D eigenvalue weighted by atomic mass is 10.2. The Balaban J connectivity index is 2.31. The van der Waals surface area contributed by atoms with E-state index in [0.717, 1.165) is 0 Å². The second-order valence-electron chi connectivity index (χ2n) is 5.04. The molecule has 0 aliphatic carbocycles.